The molecule has 2 heterocycles. The highest BCUT2D eigenvalue weighted by Gasteiger charge is 2.23. The first-order valence-corrected chi connectivity index (χ1v) is 8.95. The van der Waals surface area contributed by atoms with E-state index in [1.165, 1.54) is 0 Å². The monoisotopic (exact) mass is 392 g/mol. The van der Waals surface area contributed by atoms with Crippen LogP contribution in [-0.2, 0) is 4.74 Å². The summed E-state index contributed by atoms with van der Waals surface area (Å²) in [6.07, 6.45) is 1.31. The summed E-state index contributed by atoms with van der Waals surface area (Å²) in [7, 11) is 1.58. The zero-order valence-electron chi connectivity index (χ0n) is 15.2. The number of carbonyl (C=O) groups excluding carboxylic acids is 1. The van der Waals surface area contributed by atoms with Crippen LogP contribution in [0, 0.1) is 0 Å². The molecule has 0 saturated carbocycles. The molecule has 9 nitrogen and oxygen atoms in total. The van der Waals surface area contributed by atoms with E-state index in [4.69, 9.17) is 21.1 Å². The van der Waals surface area contributed by atoms with Gasteiger partial charge in [0.05, 0.1) is 25.6 Å². The third kappa shape index (κ3) is 4.68. The molecular weight excluding hydrogens is 372 g/mol. The van der Waals surface area contributed by atoms with Gasteiger partial charge in [-0.1, -0.05) is 11.6 Å². The van der Waals surface area contributed by atoms with Crippen LogP contribution in [0.4, 0.5) is 22.2 Å². The lowest BCUT2D eigenvalue weighted by Gasteiger charge is -2.34. The summed E-state index contributed by atoms with van der Waals surface area (Å²) in [6, 6.07) is 5.23. The number of benzene rings is 1. The van der Waals surface area contributed by atoms with Gasteiger partial charge in [-0.05, 0) is 25.1 Å². The van der Waals surface area contributed by atoms with Crippen molar-refractivity contribution in [2.75, 3.05) is 50.1 Å². The molecule has 3 rings (SSSR count). The molecule has 1 amide bonds. The molecule has 1 aliphatic rings. The van der Waals surface area contributed by atoms with E-state index in [0.717, 1.165) is 0 Å². The van der Waals surface area contributed by atoms with E-state index in [-0.39, 0.29) is 6.09 Å². The van der Waals surface area contributed by atoms with Crippen LogP contribution in [0.25, 0.3) is 0 Å². The number of rotatable bonds is 5. The van der Waals surface area contributed by atoms with E-state index in [9.17, 15) is 4.79 Å². The van der Waals surface area contributed by atoms with E-state index in [2.05, 4.69) is 20.5 Å². The summed E-state index contributed by atoms with van der Waals surface area (Å²) in [6.45, 7) is 4.57. The second-order valence-electron chi connectivity index (χ2n) is 5.78. The normalized spacial score (nSPS) is 14.0. The summed E-state index contributed by atoms with van der Waals surface area (Å²) in [4.78, 5) is 20.0. The molecule has 1 saturated heterocycles. The Kier molecular flexibility index (Phi) is 6.12. The molecule has 1 aromatic carbocycles. The van der Waals surface area contributed by atoms with Crippen molar-refractivity contribution in [1.29, 1.82) is 0 Å². The number of amides is 1. The van der Waals surface area contributed by atoms with Gasteiger partial charge in [0.15, 0.2) is 5.82 Å². The molecule has 144 valence electrons. The zero-order valence-corrected chi connectivity index (χ0v) is 15.9. The smallest absolute Gasteiger partial charge is 0.409 e. The summed E-state index contributed by atoms with van der Waals surface area (Å²) in [5.41, 5.74) is 0.649. The van der Waals surface area contributed by atoms with Gasteiger partial charge in [0, 0.05) is 31.2 Å². The highest BCUT2D eigenvalue weighted by atomic mass is 35.5. The fraction of sp³-hybridized carbons (Fsp3) is 0.412. The summed E-state index contributed by atoms with van der Waals surface area (Å²) in [5, 5.41) is 11.7. The number of nitrogens with one attached hydrogen (secondary N) is 1. The number of piperazine rings is 1. The number of ether oxygens (including phenoxy) is 2. The Hall–Kier alpha value is -2.81. The number of nitrogens with zero attached hydrogens (tertiary/aromatic N) is 5. The molecular formula is C17H21ClN6O3. The third-order valence-corrected chi connectivity index (χ3v) is 4.32. The fourth-order valence-electron chi connectivity index (χ4n) is 2.73. The van der Waals surface area contributed by atoms with E-state index in [1.807, 2.05) is 4.90 Å². The van der Waals surface area contributed by atoms with Gasteiger partial charge in [-0.25, -0.2) is 4.79 Å². The molecule has 1 aromatic heterocycles. The second-order valence-corrected chi connectivity index (χ2v) is 6.22. The molecule has 0 unspecified atom stereocenters. The Labute approximate surface area is 162 Å². The Morgan fingerprint density at radius 3 is 2.78 bits per heavy atom. The van der Waals surface area contributed by atoms with Gasteiger partial charge in [0.1, 0.15) is 5.75 Å². The maximum absolute atomic E-state index is 11.8. The van der Waals surface area contributed by atoms with Crippen LogP contribution >= 0.6 is 11.6 Å². The molecule has 2 aromatic rings. The van der Waals surface area contributed by atoms with Gasteiger partial charge >= 0.3 is 6.09 Å². The first kappa shape index (κ1) is 19.0. The second kappa shape index (κ2) is 8.72. The lowest BCUT2D eigenvalue weighted by molar-refractivity contribution is 0.105. The van der Waals surface area contributed by atoms with Gasteiger partial charge in [-0.15, -0.1) is 5.10 Å². The number of hydrogen-bond acceptors (Lipinski definition) is 8. The number of methoxy groups -OCH3 is 1. The van der Waals surface area contributed by atoms with E-state index < -0.39 is 0 Å². The van der Waals surface area contributed by atoms with Crippen LogP contribution in [0.15, 0.2) is 24.4 Å². The molecule has 0 radical (unpaired) electrons. The van der Waals surface area contributed by atoms with Crippen molar-refractivity contribution in [2.45, 2.75) is 6.92 Å². The predicted molar refractivity (Wildman–Crippen MR) is 102 cm³/mol. The van der Waals surface area contributed by atoms with Gasteiger partial charge in [0.2, 0.25) is 5.95 Å². The molecule has 27 heavy (non-hydrogen) atoms. The number of hydrogen-bond donors (Lipinski definition) is 1. The average molecular weight is 393 g/mol. The first-order valence-electron chi connectivity index (χ1n) is 8.57. The van der Waals surface area contributed by atoms with Crippen LogP contribution in [-0.4, -0.2) is 66.1 Å². The zero-order chi connectivity index (χ0) is 19.2. The van der Waals surface area contributed by atoms with E-state index in [0.29, 0.717) is 61.0 Å². The fourth-order valence-corrected chi connectivity index (χ4v) is 2.90. The minimum atomic E-state index is -0.284. The molecule has 1 fully saturated rings. The average Bonchev–Trinajstić information content (AvgIpc) is 2.69. The van der Waals surface area contributed by atoms with Crippen molar-refractivity contribution in [2.24, 2.45) is 0 Å². The van der Waals surface area contributed by atoms with Crippen LogP contribution in [0.2, 0.25) is 5.02 Å². The lowest BCUT2D eigenvalue weighted by Crippen LogP contribution is -2.49. The standard InChI is InChI=1S/C17H21ClN6O3/c1-3-27-17(25)24-8-6-23(7-9-24)15-11-19-22-16(21-15)20-13-10-12(18)4-5-14(13)26-2/h4-5,10-11H,3,6-9H2,1-2H3,(H,20,21,22). The Bertz CT molecular complexity index is 798. The summed E-state index contributed by atoms with van der Waals surface area (Å²) >= 11 is 6.05. The minimum absolute atomic E-state index is 0.284. The van der Waals surface area contributed by atoms with Crippen molar-refractivity contribution in [3.05, 3.63) is 29.4 Å². The quantitative estimate of drug-likeness (QED) is 0.829. The highest BCUT2D eigenvalue weighted by Crippen LogP contribution is 2.29. The predicted octanol–water partition coefficient (Wildman–Crippen LogP) is 2.56. The van der Waals surface area contributed by atoms with Gasteiger partial charge < -0.3 is 24.6 Å². The van der Waals surface area contributed by atoms with Gasteiger partial charge in [0.25, 0.3) is 0 Å². The first-order chi connectivity index (χ1) is 13.1. The third-order valence-electron chi connectivity index (χ3n) is 4.08. The van der Waals surface area contributed by atoms with Crippen LogP contribution in [0.1, 0.15) is 6.92 Å². The van der Waals surface area contributed by atoms with Crippen molar-refractivity contribution < 1.29 is 14.3 Å². The van der Waals surface area contributed by atoms with E-state index in [1.54, 1.807) is 43.3 Å². The molecule has 0 spiro atoms. The number of halogens is 1. The van der Waals surface area contributed by atoms with Gasteiger partial charge in [-0.2, -0.15) is 10.1 Å². The molecule has 1 N–H and O–H groups in total. The van der Waals surface area contributed by atoms with Crippen molar-refractivity contribution in [1.82, 2.24) is 20.1 Å². The molecule has 0 atom stereocenters. The Morgan fingerprint density at radius 1 is 1.30 bits per heavy atom. The molecule has 0 bridgehead atoms. The molecule has 1 aliphatic heterocycles. The maximum Gasteiger partial charge on any atom is 0.409 e. The molecule has 10 heteroatoms. The topological polar surface area (TPSA) is 92.7 Å². The SMILES string of the molecule is CCOC(=O)N1CCN(c2cnnc(Nc3cc(Cl)ccc3OC)n2)CC1. The van der Waals surface area contributed by atoms with Crippen LogP contribution in [0.3, 0.4) is 0 Å². The largest absolute Gasteiger partial charge is 0.495 e. The number of anilines is 3. The Balaban J connectivity index is 1.68. The molecule has 0 aliphatic carbocycles. The highest BCUT2D eigenvalue weighted by molar-refractivity contribution is 6.31. The lowest BCUT2D eigenvalue weighted by atomic mass is 10.3. The maximum atomic E-state index is 11.8. The van der Waals surface area contributed by atoms with Crippen molar-refractivity contribution in [3.63, 3.8) is 0 Å². The number of aromatic nitrogens is 3. The van der Waals surface area contributed by atoms with Crippen molar-refractivity contribution in [3.8, 4) is 5.75 Å². The van der Waals surface area contributed by atoms with Crippen LogP contribution in [0.5, 0.6) is 5.75 Å². The summed E-state index contributed by atoms with van der Waals surface area (Å²) in [5.74, 6) is 1.63. The minimum Gasteiger partial charge on any atom is -0.495 e. The number of carbonyl (C=O) groups is 1. The van der Waals surface area contributed by atoms with Crippen molar-refractivity contribution >= 4 is 35.1 Å². The van der Waals surface area contributed by atoms with Gasteiger partial charge in [-0.3, -0.25) is 0 Å². The van der Waals surface area contributed by atoms with E-state index >= 15 is 0 Å². The summed E-state index contributed by atoms with van der Waals surface area (Å²) < 4.78 is 10.4. The van der Waals surface area contributed by atoms with Crippen LogP contribution < -0.4 is 15.0 Å². The Morgan fingerprint density at radius 2 is 2.07 bits per heavy atom.